The molecule has 0 saturated heterocycles. The third-order valence-electron chi connectivity index (χ3n) is 2.74. The number of thiocarbonyl (C=S) groups is 1. The van der Waals surface area contributed by atoms with Crippen LogP contribution in [0.25, 0.3) is 0 Å². The number of hydrogen-bond donors (Lipinski definition) is 2. The van der Waals surface area contributed by atoms with E-state index >= 15 is 0 Å². The van der Waals surface area contributed by atoms with Gasteiger partial charge in [-0.15, -0.1) is 0 Å². The van der Waals surface area contributed by atoms with Crippen LogP contribution in [0.5, 0.6) is 0 Å². The molecule has 0 amide bonds. The average Bonchev–Trinajstić information content (AvgIpc) is 2.39. The molecule has 104 valence electrons. The lowest BCUT2D eigenvalue weighted by molar-refractivity contribution is 0.722. The van der Waals surface area contributed by atoms with Crippen LogP contribution in [0.1, 0.15) is 24.2 Å². The Balaban J connectivity index is 1.95. The van der Waals surface area contributed by atoms with E-state index in [0.29, 0.717) is 11.1 Å². The van der Waals surface area contributed by atoms with E-state index in [1.54, 1.807) is 6.20 Å². The minimum absolute atomic E-state index is 0.0667. The molecule has 1 aromatic heterocycles. The van der Waals surface area contributed by atoms with Crippen molar-refractivity contribution < 1.29 is 0 Å². The second-order valence-electron chi connectivity index (χ2n) is 4.39. The summed E-state index contributed by atoms with van der Waals surface area (Å²) in [6.07, 6.45) is 1.69. The highest BCUT2D eigenvalue weighted by atomic mass is 35.5. The van der Waals surface area contributed by atoms with Crippen LogP contribution in [0.2, 0.25) is 5.02 Å². The summed E-state index contributed by atoms with van der Waals surface area (Å²) in [4.78, 5) is 8.34. The van der Waals surface area contributed by atoms with Crippen molar-refractivity contribution in [2.24, 2.45) is 0 Å². The monoisotopic (exact) mass is 306 g/mol. The molecule has 0 spiro atoms. The molecule has 2 aromatic rings. The van der Waals surface area contributed by atoms with Gasteiger partial charge in [0.1, 0.15) is 0 Å². The highest BCUT2D eigenvalue weighted by Crippen LogP contribution is 2.16. The van der Waals surface area contributed by atoms with Gasteiger partial charge < -0.3 is 10.6 Å². The van der Waals surface area contributed by atoms with Crippen molar-refractivity contribution in [2.45, 2.75) is 19.9 Å². The summed E-state index contributed by atoms with van der Waals surface area (Å²) in [6.45, 7) is 3.92. The molecule has 0 aliphatic rings. The van der Waals surface area contributed by atoms with Crippen molar-refractivity contribution in [1.82, 2.24) is 15.3 Å². The van der Waals surface area contributed by atoms with Crippen LogP contribution in [0, 0.1) is 6.92 Å². The zero-order valence-electron chi connectivity index (χ0n) is 11.2. The summed E-state index contributed by atoms with van der Waals surface area (Å²) in [5, 5.41) is 7.35. The number of hydrogen-bond acceptors (Lipinski definition) is 3. The van der Waals surface area contributed by atoms with Crippen molar-refractivity contribution in [3.63, 3.8) is 0 Å². The molecule has 0 fully saturated rings. The molecule has 1 heterocycles. The number of benzene rings is 1. The van der Waals surface area contributed by atoms with E-state index in [-0.39, 0.29) is 6.04 Å². The zero-order chi connectivity index (χ0) is 14.5. The number of anilines is 1. The molecule has 20 heavy (non-hydrogen) atoms. The van der Waals surface area contributed by atoms with Gasteiger partial charge in [-0.05, 0) is 49.8 Å². The van der Waals surface area contributed by atoms with E-state index in [2.05, 4.69) is 20.6 Å². The van der Waals surface area contributed by atoms with Gasteiger partial charge in [0, 0.05) is 16.9 Å². The molecule has 2 rings (SSSR count). The fourth-order valence-corrected chi connectivity index (χ4v) is 2.07. The maximum absolute atomic E-state index is 5.87. The summed E-state index contributed by atoms with van der Waals surface area (Å²) < 4.78 is 0. The lowest BCUT2D eigenvalue weighted by atomic mass is 10.1. The molecule has 0 aliphatic carbocycles. The van der Waals surface area contributed by atoms with E-state index in [1.165, 1.54) is 0 Å². The summed E-state index contributed by atoms with van der Waals surface area (Å²) in [5.41, 5.74) is 1.99. The molecule has 1 atom stereocenters. The van der Waals surface area contributed by atoms with Gasteiger partial charge in [-0.2, -0.15) is 0 Å². The normalized spacial score (nSPS) is 11.8. The second-order valence-corrected chi connectivity index (χ2v) is 5.24. The summed E-state index contributed by atoms with van der Waals surface area (Å²) in [5.74, 6) is 0.491. The Morgan fingerprint density at radius 2 is 1.95 bits per heavy atom. The first-order valence-electron chi connectivity index (χ1n) is 6.17. The van der Waals surface area contributed by atoms with Gasteiger partial charge in [0.2, 0.25) is 5.95 Å². The van der Waals surface area contributed by atoms with Crippen LogP contribution in [0.3, 0.4) is 0 Å². The van der Waals surface area contributed by atoms with Crippen LogP contribution in [-0.2, 0) is 0 Å². The van der Waals surface area contributed by atoms with E-state index in [0.717, 1.165) is 16.3 Å². The van der Waals surface area contributed by atoms with Crippen LogP contribution >= 0.6 is 23.8 Å². The maximum Gasteiger partial charge on any atom is 0.229 e. The highest BCUT2D eigenvalue weighted by Gasteiger charge is 2.08. The van der Waals surface area contributed by atoms with Crippen molar-refractivity contribution in [3.05, 3.63) is 52.8 Å². The minimum Gasteiger partial charge on any atom is -0.356 e. The number of nitrogens with zero attached hydrogens (tertiary/aromatic N) is 2. The van der Waals surface area contributed by atoms with E-state index in [9.17, 15) is 0 Å². The second kappa shape index (κ2) is 6.63. The van der Waals surface area contributed by atoms with Crippen LogP contribution in [0.4, 0.5) is 5.95 Å². The first-order chi connectivity index (χ1) is 9.54. The maximum atomic E-state index is 5.87. The smallest absolute Gasteiger partial charge is 0.229 e. The standard InChI is InChI=1S/C14H15ClN4S/c1-9-7-8-16-13(17-9)19-14(20)18-10(2)11-3-5-12(15)6-4-11/h3-8,10H,1-2H3,(H2,16,17,18,19,20)/t10-/m1/s1. The predicted octanol–water partition coefficient (Wildman–Crippen LogP) is 3.49. The van der Waals surface area contributed by atoms with Crippen molar-refractivity contribution in [3.8, 4) is 0 Å². The molecule has 6 heteroatoms. The fourth-order valence-electron chi connectivity index (χ4n) is 1.68. The number of halogens is 1. The molecule has 0 aliphatic heterocycles. The average molecular weight is 307 g/mol. The third-order valence-corrected chi connectivity index (χ3v) is 3.21. The van der Waals surface area contributed by atoms with Gasteiger partial charge >= 0.3 is 0 Å². The van der Waals surface area contributed by atoms with Crippen molar-refractivity contribution >= 4 is 34.9 Å². The van der Waals surface area contributed by atoms with Gasteiger partial charge in [0.05, 0.1) is 6.04 Å². The zero-order valence-corrected chi connectivity index (χ0v) is 12.8. The van der Waals surface area contributed by atoms with E-state index in [1.807, 2.05) is 44.2 Å². The van der Waals surface area contributed by atoms with E-state index in [4.69, 9.17) is 23.8 Å². The Morgan fingerprint density at radius 1 is 1.25 bits per heavy atom. The molecular weight excluding hydrogens is 292 g/mol. The van der Waals surface area contributed by atoms with Crippen LogP contribution < -0.4 is 10.6 Å². The minimum atomic E-state index is 0.0667. The first-order valence-corrected chi connectivity index (χ1v) is 6.96. The fraction of sp³-hybridized carbons (Fsp3) is 0.214. The summed E-state index contributed by atoms with van der Waals surface area (Å²) in [7, 11) is 0. The lowest BCUT2D eigenvalue weighted by Crippen LogP contribution is -2.31. The van der Waals surface area contributed by atoms with E-state index < -0.39 is 0 Å². The molecule has 0 unspecified atom stereocenters. The number of aromatic nitrogens is 2. The number of rotatable bonds is 3. The number of nitrogens with one attached hydrogen (secondary N) is 2. The molecule has 0 radical (unpaired) electrons. The van der Waals surface area contributed by atoms with Gasteiger partial charge in [0.25, 0.3) is 0 Å². The summed E-state index contributed by atoms with van der Waals surface area (Å²) >= 11 is 11.1. The summed E-state index contributed by atoms with van der Waals surface area (Å²) in [6, 6.07) is 9.54. The molecule has 2 N–H and O–H groups in total. The highest BCUT2D eigenvalue weighted by molar-refractivity contribution is 7.80. The Kier molecular flexibility index (Phi) is 4.87. The van der Waals surface area contributed by atoms with Crippen LogP contribution in [-0.4, -0.2) is 15.1 Å². The van der Waals surface area contributed by atoms with Gasteiger partial charge in [0.15, 0.2) is 5.11 Å². The Labute approximate surface area is 128 Å². The first kappa shape index (κ1) is 14.7. The van der Waals surface area contributed by atoms with Crippen LogP contribution in [0.15, 0.2) is 36.5 Å². The third kappa shape index (κ3) is 4.15. The Hall–Kier alpha value is -1.72. The largest absolute Gasteiger partial charge is 0.356 e. The quantitative estimate of drug-likeness (QED) is 0.850. The molecule has 0 saturated carbocycles. The SMILES string of the molecule is Cc1ccnc(NC(=S)N[C@H](C)c2ccc(Cl)cc2)n1. The molecule has 1 aromatic carbocycles. The Bertz CT molecular complexity index is 600. The molecular formula is C14H15ClN4S. The van der Waals surface area contributed by atoms with Gasteiger partial charge in [-0.25, -0.2) is 9.97 Å². The molecule has 0 bridgehead atoms. The lowest BCUT2D eigenvalue weighted by Gasteiger charge is -2.16. The van der Waals surface area contributed by atoms with Gasteiger partial charge in [-0.3, -0.25) is 0 Å². The predicted molar refractivity (Wildman–Crippen MR) is 86.0 cm³/mol. The van der Waals surface area contributed by atoms with Crippen molar-refractivity contribution in [2.75, 3.05) is 5.32 Å². The number of aryl methyl sites for hydroxylation is 1. The Morgan fingerprint density at radius 3 is 2.60 bits per heavy atom. The molecule has 4 nitrogen and oxygen atoms in total. The van der Waals surface area contributed by atoms with Crippen molar-refractivity contribution in [1.29, 1.82) is 0 Å². The van der Waals surface area contributed by atoms with Gasteiger partial charge in [-0.1, -0.05) is 23.7 Å². The topological polar surface area (TPSA) is 49.8 Å².